The monoisotopic (exact) mass is 198 g/mol. The van der Waals surface area contributed by atoms with Crippen molar-refractivity contribution in [3.8, 4) is 0 Å². The van der Waals surface area contributed by atoms with Crippen molar-refractivity contribution in [2.24, 2.45) is 5.92 Å². The molecule has 0 aromatic heterocycles. The highest BCUT2D eigenvalue weighted by Crippen LogP contribution is 2.17. The van der Waals surface area contributed by atoms with Crippen LogP contribution in [0, 0.1) is 5.92 Å². The molecular weight excluding hydrogens is 176 g/mol. The average Bonchev–Trinajstić information content (AvgIpc) is 2.16. The van der Waals surface area contributed by atoms with E-state index in [1.807, 2.05) is 6.92 Å². The van der Waals surface area contributed by atoms with Crippen molar-refractivity contribution < 1.29 is 9.53 Å². The molecule has 0 heterocycles. The molecule has 0 bridgehead atoms. The fraction of sp³-hybridized carbons (Fsp3) is 0.750. The first-order chi connectivity index (χ1) is 6.63. The van der Waals surface area contributed by atoms with Gasteiger partial charge in [0, 0.05) is 7.11 Å². The predicted octanol–water partition coefficient (Wildman–Crippen LogP) is 2.97. The zero-order valence-corrected chi connectivity index (χ0v) is 9.75. The Morgan fingerprint density at radius 1 is 1.50 bits per heavy atom. The van der Waals surface area contributed by atoms with Crippen LogP contribution in [0.3, 0.4) is 0 Å². The number of hydrogen-bond acceptors (Lipinski definition) is 2. The topological polar surface area (TPSA) is 26.3 Å². The lowest BCUT2D eigenvalue weighted by Gasteiger charge is -2.18. The molecule has 0 aromatic carbocycles. The Balaban J connectivity index is 4.02. The normalized spacial score (nSPS) is 16.4. The lowest BCUT2D eigenvalue weighted by atomic mass is 9.97. The van der Waals surface area contributed by atoms with Gasteiger partial charge in [0.15, 0.2) is 0 Å². The van der Waals surface area contributed by atoms with Gasteiger partial charge in [0.25, 0.3) is 0 Å². The summed E-state index contributed by atoms with van der Waals surface area (Å²) < 4.78 is 5.38. The quantitative estimate of drug-likeness (QED) is 0.464. The lowest BCUT2D eigenvalue weighted by molar-refractivity contribution is -0.104. The maximum absolute atomic E-state index is 10.2. The van der Waals surface area contributed by atoms with Crippen molar-refractivity contribution in [2.45, 2.75) is 46.1 Å². The van der Waals surface area contributed by atoms with Gasteiger partial charge in [-0.2, -0.15) is 0 Å². The summed E-state index contributed by atoms with van der Waals surface area (Å²) in [7, 11) is 1.74. The molecule has 2 atom stereocenters. The van der Waals surface area contributed by atoms with Gasteiger partial charge < -0.3 is 4.74 Å². The Hall–Kier alpha value is -0.630. The highest BCUT2D eigenvalue weighted by molar-refractivity contribution is 5.65. The lowest BCUT2D eigenvalue weighted by Crippen LogP contribution is -2.15. The molecule has 2 nitrogen and oxygen atoms in total. The van der Waals surface area contributed by atoms with E-state index in [1.54, 1.807) is 13.2 Å². The van der Waals surface area contributed by atoms with Crippen LogP contribution in [-0.4, -0.2) is 19.5 Å². The van der Waals surface area contributed by atoms with E-state index in [9.17, 15) is 4.79 Å². The molecule has 82 valence electrons. The third kappa shape index (κ3) is 5.92. The van der Waals surface area contributed by atoms with Crippen LogP contribution >= 0.6 is 0 Å². The SMILES string of the molecule is CCC(C)CC(CC(C)=CC=O)OC. The van der Waals surface area contributed by atoms with Crippen LogP contribution in [0.4, 0.5) is 0 Å². The molecule has 0 radical (unpaired) electrons. The van der Waals surface area contributed by atoms with Crippen molar-refractivity contribution >= 4 is 6.29 Å². The molecule has 0 N–H and O–H groups in total. The fourth-order valence-corrected chi connectivity index (χ4v) is 1.42. The van der Waals surface area contributed by atoms with Crippen molar-refractivity contribution in [2.75, 3.05) is 7.11 Å². The van der Waals surface area contributed by atoms with E-state index in [-0.39, 0.29) is 6.10 Å². The second-order valence-corrected chi connectivity index (χ2v) is 3.96. The van der Waals surface area contributed by atoms with Crippen LogP contribution in [0.5, 0.6) is 0 Å². The number of ether oxygens (including phenoxy) is 1. The van der Waals surface area contributed by atoms with Gasteiger partial charge in [-0.1, -0.05) is 25.8 Å². The summed E-state index contributed by atoms with van der Waals surface area (Å²) in [6.07, 6.45) is 5.81. The van der Waals surface area contributed by atoms with Crippen LogP contribution in [0.2, 0.25) is 0 Å². The summed E-state index contributed by atoms with van der Waals surface area (Å²) in [6, 6.07) is 0. The number of rotatable bonds is 7. The van der Waals surface area contributed by atoms with Gasteiger partial charge in [0.1, 0.15) is 6.29 Å². The van der Waals surface area contributed by atoms with E-state index >= 15 is 0 Å². The summed E-state index contributed by atoms with van der Waals surface area (Å²) in [5, 5.41) is 0. The van der Waals surface area contributed by atoms with E-state index in [0.29, 0.717) is 5.92 Å². The molecule has 0 saturated heterocycles. The molecule has 2 unspecified atom stereocenters. The van der Waals surface area contributed by atoms with Gasteiger partial charge in [-0.15, -0.1) is 0 Å². The largest absolute Gasteiger partial charge is 0.381 e. The second-order valence-electron chi connectivity index (χ2n) is 3.96. The van der Waals surface area contributed by atoms with Gasteiger partial charge in [0.2, 0.25) is 0 Å². The maximum atomic E-state index is 10.2. The molecule has 14 heavy (non-hydrogen) atoms. The van der Waals surface area contributed by atoms with E-state index < -0.39 is 0 Å². The summed E-state index contributed by atoms with van der Waals surface area (Å²) in [6.45, 7) is 6.38. The molecule has 0 spiro atoms. The summed E-state index contributed by atoms with van der Waals surface area (Å²) in [5.41, 5.74) is 1.09. The fourth-order valence-electron chi connectivity index (χ4n) is 1.42. The van der Waals surface area contributed by atoms with Crippen molar-refractivity contribution in [3.63, 3.8) is 0 Å². The molecule has 0 amide bonds. The first kappa shape index (κ1) is 13.4. The first-order valence-corrected chi connectivity index (χ1v) is 5.27. The number of allylic oxidation sites excluding steroid dienone is 1. The number of hydrogen-bond donors (Lipinski definition) is 0. The van der Waals surface area contributed by atoms with E-state index in [0.717, 1.165) is 24.7 Å². The Morgan fingerprint density at radius 2 is 2.14 bits per heavy atom. The van der Waals surface area contributed by atoms with E-state index in [1.165, 1.54) is 6.42 Å². The van der Waals surface area contributed by atoms with Crippen LogP contribution in [-0.2, 0) is 9.53 Å². The summed E-state index contributed by atoms with van der Waals surface area (Å²) >= 11 is 0. The van der Waals surface area contributed by atoms with Gasteiger partial charge in [-0.25, -0.2) is 0 Å². The van der Waals surface area contributed by atoms with Crippen molar-refractivity contribution in [1.82, 2.24) is 0 Å². The third-order valence-electron chi connectivity index (χ3n) is 2.60. The molecule has 0 aromatic rings. The minimum atomic E-state index is 0.251. The number of methoxy groups -OCH3 is 1. The van der Waals surface area contributed by atoms with Crippen molar-refractivity contribution in [3.05, 3.63) is 11.6 Å². The van der Waals surface area contributed by atoms with Gasteiger partial charge in [0.05, 0.1) is 6.10 Å². The first-order valence-electron chi connectivity index (χ1n) is 5.27. The summed E-state index contributed by atoms with van der Waals surface area (Å²) in [5.74, 6) is 0.684. The Morgan fingerprint density at radius 3 is 2.57 bits per heavy atom. The van der Waals surface area contributed by atoms with Gasteiger partial charge >= 0.3 is 0 Å². The third-order valence-corrected chi connectivity index (χ3v) is 2.60. The van der Waals surface area contributed by atoms with Crippen molar-refractivity contribution in [1.29, 1.82) is 0 Å². The Labute approximate surface area is 87.3 Å². The van der Waals surface area contributed by atoms with Crippen LogP contribution < -0.4 is 0 Å². The smallest absolute Gasteiger partial charge is 0.142 e. The average molecular weight is 198 g/mol. The standard InChI is InChI=1S/C12H22O2/c1-5-10(2)8-12(14-4)9-11(3)6-7-13/h6-7,10,12H,5,8-9H2,1-4H3. The zero-order chi connectivity index (χ0) is 11.0. The Bertz CT molecular complexity index is 185. The minimum Gasteiger partial charge on any atom is -0.381 e. The molecule has 0 aliphatic carbocycles. The number of carbonyl (C=O) groups is 1. The second kappa shape index (κ2) is 7.74. The summed E-state index contributed by atoms with van der Waals surface area (Å²) in [4.78, 5) is 10.2. The predicted molar refractivity (Wildman–Crippen MR) is 59.3 cm³/mol. The van der Waals surface area contributed by atoms with Crippen LogP contribution in [0.15, 0.2) is 11.6 Å². The van der Waals surface area contributed by atoms with Crippen LogP contribution in [0.25, 0.3) is 0 Å². The van der Waals surface area contributed by atoms with Gasteiger partial charge in [-0.05, 0) is 31.8 Å². The number of aldehydes is 1. The molecule has 0 fully saturated rings. The van der Waals surface area contributed by atoms with E-state index in [2.05, 4.69) is 13.8 Å². The van der Waals surface area contributed by atoms with Crippen LogP contribution in [0.1, 0.15) is 40.0 Å². The molecule has 0 aliphatic rings. The molecule has 0 rings (SSSR count). The molecular formula is C12H22O2. The highest BCUT2D eigenvalue weighted by Gasteiger charge is 2.11. The highest BCUT2D eigenvalue weighted by atomic mass is 16.5. The Kier molecular flexibility index (Phi) is 7.40. The molecule has 0 aliphatic heterocycles. The maximum Gasteiger partial charge on any atom is 0.142 e. The van der Waals surface area contributed by atoms with E-state index in [4.69, 9.17) is 4.74 Å². The number of carbonyl (C=O) groups excluding carboxylic acids is 1. The van der Waals surface area contributed by atoms with Gasteiger partial charge in [-0.3, -0.25) is 4.79 Å². The molecule has 0 saturated carbocycles. The molecule has 2 heteroatoms. The zero-order valence-electron chi connectivity index (χ0n) is 9.75. The minimum absolute atomic E-state index is 0.251.